The van der Waals surface area contributed by atoms with Gasteiger partial charge in [-0.2, -0.15) is 0 Å². The van der Waals surface area contributed by atoms with Gasteiger partial charge in [0.1, 0.15) is 11.5 Å². The van der Waals surface area contributed by atoms with Crippen LogP contribution in [0.1, 0.15) is 38.2 Å². The van der Waals surface area contributed by atoms with Gasteiger partial charge >= 0.3 is 0 Å². The summed E-state index contributed by atoms with van der Waals surface area (Å²) in [5.74, 6) is 1.82. The Bertz CT molecular complexity index is 4260. The lowest BCUT2D eigenvalue weighted by molar-refractivity contribution is 0.486. The van der Waals surface area contributed by atoms with Gasteiger partial charge in [0.25, 0.3) is 6.71 Å². The van der Waals surface area contributed by atoms with Crippen LogP contribution >= 0.6 is 0 Å². The fourth-order valence-corrected chi connectivity index (χ4v) is 12.9. The molecule has 13 aromatic rings. The maximum Gasteiger partial charge on any atom is 0.256 e. The lowest BCUT2D eigenvalue weighted by atomic mass is 9.34. The van der Waals surface area contributed by atoms with Crippen LogP contribution in [0.25, 0.3) is 88.4 Å². The monoisotopic (exact) mass is 987 g/mol. The number of anilines is 3. The van der Waals surface area contributed by atoms with E-state index in [0.717, 1.165) is 80.5 Å². The van der Waals surface area contributed by atoms with E-state index in [0.29, 0.717) is 0 Å². The van der Waals surface area contributed by atoms with Crippen molar-refractivity contribution in [1.82, 2.24) is 9.13 Å². The summed E-state index contributed by atoms with van der Waals surface area (Å²) in [6.07, 6.45) is 5.65. The summed E-state index contributed by atoms with van der Waals surface area (Å²) in [5, 5.41) is 4.97. The lowest BCUT2D eigenvalue weighted by Gasteiger charge is -2.42. The molecule has 5 heteroatoms. The number of hydrogen-bond donors (Lipinski definition) is 0. The molecule has 2 aliphatic heterocycles. The van der Waals surface area contributed by atoms with Crippen LogP contribution in [0.5, 0.6) is 11.5 Å². The summed E-state index contributed by atoms with van der Waals surface area (Å²) in [7, 11) is 0. The molecular weight excluding hydrogens is 934 g/mol. The number of unbranched alkanes of at least 4 members (excludes halogenated alkanes) is 3. The number of benzene rings is 11. The summed E-state index contributed by atoms with van der Waals surface area (Å²) in [5.41, 5.74) is 22.2. The van der Waals surface area contributed by atoms with E-state index in [-0.39, 0.29) is 6.71 Å². The van der Waals surface area contributed by atoms with Gasteiger partial charge in [0.15, 0.2) is 0 Å². The highest BCUT2D eigenvalue weighted by Crippen LogP contribution is 2.51. The molecule has 77 heavy (non-hydrogen) atoms. The second-order valence-electron chi connectivity index (χ2n) is 20.9. The zero-order chi connectivity index (χ0) is 51.0. The van der Waals surface area contributed by atoms with Gasteiger partial charge in [-0.1, -0.05) is 202 Å². The number of aryl methyl sites for hydroxylation is 1. The number of ether oxygens (including phenoxy) is 1. The quantitative estimate of drug-likeness (QED) is 0.0952. The van der Waals surface area contributed by atoms with E-state index in [9.17, 15) is 0 Å². The van der Waals surface area contributed by atoms with Crippen LogP contribution in [0.3, 0.4) is 0 Å². The van der Waals surface area contributed by atoms with E-state index in [2.05, 4.69) is 270 Å². The molecule has 2 aromatic heterocycles. The lowest BCUT2D eigenvalue weighted by Crippen LogP contribution is -2.59. The molecule has 0 unspecified atom stereocenters. The average molecular weight is 988 g/mol. The van der Waals surface area contributed by atoms with Gasteiger partial charge in [0.05, 0.1) is 27.8 Å². The number of para-hydroxylation sites is 4. The Morgan fingerprint density at radius 1 is 0.377 bits per heavy atom. The van der Waals surface area contributed by atoms with E-state index in [1.807, 2.05) is 0 Å². The number of hydrogen-bond acceptors (Lipinski definition) is 2. The van der Waals surface area contributed by atoms with Crippen LogP contribution in [-0.2, 0) is 6.42 Å². The Morgan fingerprint density at radius 2 is 0.857 bits per heavy atom. The summed E-state index contributed by atoms with van der Waals surface area (Å²) < 4.78 is 12.4. The zero-order valence-electron chi connectivity index (χ0n) is 43.0. The minimum atomic E-state index is -0.118. The molecule has 0 atom stereocenters. The molecule has 15 rings (SSSR count). The third-order valence-corrected chi connectivity index (χ3v) is 16.4. The molecule has 2 aliphatic rings. The average Bonchev–Trinajstić information content (AvgIpc) is 4.12. The smallest absolute Gasteiger partial charge is 0.256 e. The van der Waals surface area contributed by atoms with Gasteiger partial charge in [-0.3, -0.25) is 0 Å². The van der Waals surface area contributed by atoms with Gasteiger partial charge in [-0.25, -0.2) is 0 Å². The summed E-state index contributed by atoms with van der Waals surface area (Å²) in [4.78, 5) is 2.64. The fraction of sp³-hybridized carbons (Fsp3) is 0.0833. The second-order valence-corrected chi connectivity index (χ2v) is 20.9. The van der Waals surface area contributed by atoms with Gasteiger partial charge < -0.3 is 18.8 Å². The molecule has 4 nitrogen and oxygen atoms in total. The maximum absolute atomic E-state index is 7.50. The molecular formula is C72H54BN3O. The van der Waals surface area contributed by atoms with Crippen molar-refractivity contribution < 1.29 is 4.74 Å². The molecule has 0 aliphatic carbocycles. The highest BCUT2D eigenvalue weighted by molar-refractivity contribution is 6.99. The minimum Gasteiger partial charge on any atom is -0.458 e. The van der Waals surface area contributed by atoms with Crippen LogP contribution in [0.15, 0.2) is 249 Å². The predicted octanol–water partition coefficient (Wildman–Crippen LogP) is 17.4. The Labute approximate surface area is 449 Å². The largest absolute Gasteiger partial charge is 0.458 e. The van der Waals surface area contributed by atoms with Gasteiger partial charge in [-0.05, 0) is 124 Å². The summed E-state index contributed by atoms with van der Waals surface area (Å²) in [6.45, 7) is 2.18. The van der Waals surface area contributed by atoms with Crippen molar-refractivity contribution in [2.24, 2.45) is 0 Å². The van der Waals surface area contributed by atoms with Crippen molar-refractivity contribution in [3.63, 3.8) is 0 Å². The van der Waals surface area contributed by atoms with Crippen LogP contribution in [0.4, 0.5) is 17.1 Å². The topological polar surface area (TPSA) is 22.3 Å². The van der Waals surface area contributed by atoms with Gasteiger partial charge in [-0.15, -0.1) is 0 Å². The third-order valence-electron chi connectivity index (χ3n) is 16.4. The number of nitrogens with zero attached hydrogens (tertiary/aromatic N) is 3. The van der Waals surface area contributed by atoms with Crippen molar-refractivity contribution >= 4 is 83.8 Å². The second kappa shape index (κ2) is 18.5. The van der Waals surface area contributed by atoms with Crippen molar-refractivity contribution in [2.45, 2.75) is 39.0 Å². The highest BCUT2D eigenvalue weighted by Gasteiger charge is 2.43. The molecule has 0 amide bonds. The summed E-state index contributed by atoms with van der Waals surface area (Å²) in [6, 6.07) is 92.2. The normalized spacial score (nSPS) is 12.5. The number of fused-ring (bicyclic) bond motifs is 10. The van der Waals surface area contributed by atoms with E-state index in [1.165, 1.54) is 90.5 Å². The molecule has 0 saturated carbocycles. The van der Waals surface area contributed by atoms with Crippen LogP contribution in [0.2, 0.25) is 0 Å². The van der Waals surface area contributed by atoms with Crippen LogP contribution in [-0.4, -0.2) is 15.8 Å². The highest BCUT2D eigenvalue weighted by atomic mass is 16.5. The zero-order valence-corrected chi connectivity index (χ0v) is 43.0. The third kappa shape index (κ3) is 7.36. The first kappa shape index (κ1) is 45.1. The number of rotatable bonds is 11. The number of aromatic nitrogens is 2. The fourth-order valence-electron chi connectivity index (χ4n) is 12.9. The van der Waals surface area contributed by atoms with E-state index < -0.39 is 0 Å². The molecule has 11 aromatic carbocycles. The molecule has 0 bridgehead atoms. The molecule has 0 saturated heterocycles. The van der Waals surface area contributed by atoms with E-state index in [1.54, 1.807) is 0 Å². The molecule has 0 spiro atoms. The summed E-state index contributed by atoms with van der Waals surface area (Å²) >= 11 is 0. The van der Waals surface area contributed by atoms with E-state index >= 15 is 0 Å². The molecule has 0 fully saturated rings. The Hall–Kier alpha value is -9.32. The van der Waals surface area contributed by atoms with Crippen LogP contribution < -0.4 is 26.0 Å². The SMILES string of the molecule is CCCCCCc1cc2c3c(c1)N(c1c(-c4ccccc4)cc(-c4ccccc4)cc1-c1ccccc1)c1cc(-n4c5ccccc5c5ccccc54)ccc1B3c1ccc(-n3c4ccccc4c4ccccc43)cc1O2. The minimum absolute atomic E-state index is 0.118. The van der Waals surface area contributed by atoms with Crippen molar-refractivity contribution in [1.29, 1.82) is 0 Å². The van der Waals surface area contributed by atoms with E-state index in [4.69, 9.17) is 4.74 Å². The van der Waals surface area contributed by atoms with Crippen molar-refractivity contribution in [3.8, 4) is 56.3 Å². The van der Waals surface area contributed by atoms with Crippen molar-refractivity contribution in [2.75, 3.05) is 4.90 Å². The molecule has 366 valence electrons. The van der Waals surface area contributed by atoms with Crippen LogP contribution in [0, 0.1) is 0 Å². The Balaban J connectivity index is 1.04. The van der Waals surface area contributed by atoms with Gasteiger partial charge in [0, 0.05) is 61.5 Å². The van der Waals surface area contributed by atoms with Gasteiger partial charge in [0.2, 0.25) is 0 Å². The first-order chi connectivity index (χ1) is 38.2. The standard InChI is InChI=1S/C72H54BN3O/c1-2-3-4-8-23-48-42-68-71-70(43-48)77-69-47-54(75-65-36-21-17-32-57(65)58-33-18-22-37-66(58)75)39-41-62(69)73(71)61-40-38-53(74-63-34-19-15-30-55(63)56-31-16-20-35-64(56)74)46-67(61)76(68)72-59(50-26-11-6-12-27-50)44-52(49-24-9-5-10-25-49)45-60(72)51-28-13-7-14-29-51/h5-7,9-22,24-47H,2-4,8,23H2,1H3. The van der Waals surface area contributed by atoms with Crippen molar-refractivity contribution in [3.05, 3.63) is 254 Å². The molecule has 0 radical (unpaired) electrons. The molecule has 0 N–H and O–H groups in total. The first-order valence-corrected chi connectivity index (χ1v) is 27.4. The Kier molecular flexibility index (Phi) is 10.8. The maximum atomic E-state index is 7.50. The Morgan fingerprint density at radius 3 is 1.39 bits per heavy atom. The first-order valence-electron chi connectivity index (χ1n) is 27.4. The predicted molar refractivity (Wildman–Crippen MR) is 325 cm³/mol. The molecule has 4 heterocycles.